The van der Waals surface area contributed by atoms with Gasteiger partial charge in [0.15, 0.2) is 0 Å². The second-order valence-electron chi connectivity index (χ2n) is 4.44. The lowest BCUT2D eigenvalue weighted by Gasteiger charge is -2.21. The van der Waals surface area contributed by atoms with Crippen LogP contribution in [0.3, 0.4) is 0 Å². The van der Waals surface area contributed by atoms with Crippen LogP contribution >= 0.6 is 0 Å². The molecule has 0 saturated heterocycles. The van der Waals surface area contributed by atoms with E-state index in [1.54, 1.807) is 7.05 Å². The lowest BCUT2D eigenvalue weighted by molar-refractivity contribution is -0.139. The summed E-state index contributed by atoms with van der Waals surface area (Å²) in [6.45, 7) is 4.18. The normalized spacial score (nSPS) is 13.7. The van der Waals surface area contributed by atoms with Crippen LogP contribution in [0.2, 0.25) is 0 Å². The van der Waals surface area contributed by atoms with E-state index in [2.05, 4.69) is 5.32 Å². The fourth-order valence-corrected chi connectivity index (χ4v) is 1.62. The van der Waals surface area contributed by atoms with E-state index < -0.39 is 11.7 Å². The van der Waals surface area contributed by atoms with Crippen LogP contribution in [0.5, 0.6) is 5.75 Å². The summed E-state index contributed by atoms with van der Waals surface area (Å²) in [5.41, 5.74) is -0.733. The van der Waals surface area contributed by atoms with Gasteiger partial charge in [0.05, 0.1) is 5.56 Å². The highest BCUT2D eigenvalue weighted by molar-refractivity contribution is 5.35. The zero-order valence-electron chi connectivity index (χ0n) is 10.7. The Balaban J connectivity index is 2.79. The van der Waals surface area contributed by atoms with Crippen molar-refractivity contribution in [1.82, 2.24) is 5.32 Å². The molecule has 0 heterocycles. The summed E-state index contributed by atoms with van der Waals surface area (Å²) in [5.74, 6) is 0.166. The highest BCUT2D eigenvalue weighted by Crippen LogP contribution is 2.35. The van der Waals surface area contributed by atoms with E-state index in [9.17, 15) is 13.2 Å². The van der Waals surface area contributed by atoms with Gasteiger partial charge in [-0.1, -0.05) is 26.0 Å². The summed E-state index contributed by atoms with van der Waals surface area (Å²) in [6, 6.07) is 5.28. The van der Waals surface area contributed by atoms with E-state index in [0.29, 0.717) is 0 Å². The SMILES string of the molecule is CNC(COc1ccccc1C(F)(F)F)C(C)C. The molecule has 2 nitrogen and oxygen atoms in total. The van der Waals surface area contributed by atoms with E-state index in [1.165, 1.54) is 18.2 Å². The first-order chi connectivity index (χ1) is 8.36. The Morgan fingerprint density at radius 2 is 1.83 bits per heavy atom. The first-order valence-electron chi connectivity index (χ1n) is 5.82. The van der Waals surface area contributed by atoms with Gasteiger partial charge in [0, 0.05) is 6.04 Å². The summed E-state index contributed by atoms with van der Waals surface area (Å²) in [5, 5.41) is 3.02. The lowest BCUT2D eigenvalue weighted by Crippen LogP contribution is -2.36. The summed E-state index contributed by atoms with van der Waals surface area (Å²) >= 11 is 0. The fraction of sp³-hybridized carbons (Fsp3) is 0.538. The predicted molar refractivity (Wildman–Crippen MR) is 64.6 cm³/mol. The van der Waals surface area contributed by atoms with Crippen molar-refractivity contribution in [3.63, 3.8) is 0 Å². The minimum atomic E-state index is -4.39. The molecule has 0 fully saturated rings. The Labute approximate surface area is 105 Å². The Hall–Kier alpha value is -1.23. The maximum Gasteiger partial charge on any atom is 0.419 e. The standard InChI is InChI=1S/C13H18F3NO/c1-9(2)11(17-3)8-18-12-7-5-4-6-10(12)13(14,15)16/h4-7,9,11,17H,8H2,1-3H3. The Morgan fingerprint density at radius 3 is 2.33 bits per heavy atom. The molecule has 0 aromatic heterocycles. The van der Waals surface area contributed by atoms with Crippen molar-refractivity contribution in [3.8, 4) is 5.75 Å². The van der Waals surface area contributed by atoms with Crippen molar-refractivity contribution in [2.24, 2.45) is 5.92 Å². The fourth-order valence-electron chi connectivity index (χ4n) is 1.62. The van der Waals surface area contributed by atoms with Crippen molar-refractivity contribution in [2.75, 3.05) is 13.7 Å². The second-order valence-corrected chi connectivity index (χ2v) is 4.44. The van der Waals surface area contributed by atoms with Crippen LogP contribution in [0.25, 0.3) is 0 Å². The zero-order chi connectivity index (χ0) is 13.8. The molecule has 0 radical (unpaired) electrons. The smallest absolute Gasteiger partial charge is 0.419 e. The molecule has 1 N–H and O–H groups in total. The van der Waals surface area contributed by atoms with E-state index in [4.69, 9.17) is 4.74 Å². The van der Waals surface area contributed by atoms with Crippen molar-refractivity contribution in [3.05, 3.63) is 29.8 Å². The first-order valence-corrected chi connectivity index (χ1v) is 5.82. The third kappa shape index (κ3) is 3.91. The van der Waals surface area contributed by atoms with Crippen LogP contribution in [0, 0.1) is 5.92 Å². The van der Waals surface area contributed by atoms with Gasteiger partial charge >= 0.3 is 6.18 Å². The van der Waals surface area contributed by atoms with E-state index in [-0.39, 0.29) is 24.3 Å². The predicted octanol–water partition coefficient (Wildman–Crippen LogP) is 3.33. The van der Waals surface area contributed by atoms with Crippen LogP contribution in [0.4, 0.5) is 13.2 Å². The molecule has 0 aliphatic heterocycles. The average Bonchev–Trinajstić information content (AvgIpc) is 2.28. The molecule has 1 atom stereocenters. The van der Waals surface area contributed by atoms with E-state index >= 15 is 0 Å². The largest absolute Gasteiger partial charge is 0.491 e. The van der Waals surface area contributed by atoms with Gasteiger partial charge in [0.1, 0.15) is 12.4 Å². The molecule has 1 aromatic rings. The topological polar surface area (TPSA) is 21.3 Å². The quantitative estimate of drug-likeness (QED) is 0.877. The zero-order valence-corrected chi connectivity index (χ0v) is 10.7. The second kappa shape index (κ2) is 6.09. The monoisotopic (exact) mass is 261 g/mol. The number of ether oxygens (including phenoxy) is 1. The summed E-state index contributed by atoms with van der Waals surface area (Å²) in [6.07, 6.45) is -4.39. The van der Waals surface area contributed by atoms with E-state index in [1.807, 2.05) is 13.8 Å². The third-order valence-electron chi connectivity index (χ3n) is 2.79. The van der Waals surface area contributed by atoms with Gasteiger partial charge in [-0.15, -0.1) is 0 Å². The van der Waals surface area contributed by atoms with Gasteiger partial charge in [-0.3, -0.25) is 0 Å². The molecule has 102 valence electrons. The molecule has 0 saturated carbocycles. The Morgan fingerprint density at radius 1 is 1.22 bits per heavy atom. The number of benzene rings is 1. The van der Waals surface area contributed by atoms with Crippen molar-refractivity contribution >= 4 is 0 Å². The van der Waals surface area contributed by atoms with Gasteiger partial charge in [-0.2, -0.15) is 13.2 Å². The molecule has 18 heavy (non-hydrogen) atoms. The highest BCUT2D eigenvalue weighted by Gasteiger charge is 2.34. The number of alkyl halides is 3. The van der Waals surface area contributed by atoms with Crippen LogP contribution < -0.4 is 10.1 Å². The maximum atomic E-state index is 12.7. The van der Waals surface area contributed by atoms with Crippen LogP contribution in [0.1, 0.15) is 19.4 Å². The third-order valence-corrected chi connectivity index (χ3v) is 2.79. The summed E-state index contributed by atoms with van der Waals surface area (Å²) in [4.78, 5) is 0. The van der Waals surface area contributed by atoms with Gasteiger partial charge in [-0.25, -0.2) is 0 Å². The molecular weight excluding hydrogens is 243 g/mol. The molecule has 0 amide bonds. The lowest BCUT2D eigenvalue weighted by atomic mass is 10.1. The van der Waals surface area contributed by atoms with Gasteiger partial charge < -0.3 is 10.1 Å². The summed E-state index contributed by atoms with van der Waals surface area (Å²) in [7, 11) is 1.77. The minimum absolute atomic E-state index is 0.0197. The van der Waals surface area contributed by atoms with Crippen LogP contribution in [-0.4, -0.2) is 19.7 Å². The Kier molecular flexibility index (Phi) is 5.02. The van der Waals surface area contributed by atoms with Crippen LogP contribution in [0.15, 0.2) is 24.3 Å². The molecular formula is C13H18F3NO. The Bertz CT molecular complexity index is 377. The van der Waals surface area contributed by atoms with Crippen molar-refractivity contribution in [2.45, 2.75) is 26.1 Å². The maximum absolute atomic E-state index is 12.7. The highest BCUT2D eigenvalue weighted by atomic mass is 19.4. The molecule has 1 aromatic carbocycles. The van der Waals surface area contributed by atoms with Gasteiger partial charge in [0.25, 0.3) is 0 Å². The number of likely N-dealkylation sites (N-methyl/N-ethyl adjacent to an activating group) is 1. The molecule has 0 spiro atoms. The first kappa shape index (κ1) is 14.8. The molecule has 0 aliphatic rings. The number of rotatable bonds is 5. The number of nitrogens with one attached hydrogen (secondary N) is 1. The molecule has 5 heteroatoms. The average molecular weight is 261 g/mol. The minimum Gasteiger partial charge on any atom is -0.491 e. The molecule has 0 aliphatic carbocycles. The number of hydrogen-bond acceptors (Lipinski definition) is 2. The van der Waals surface area contributed by atoms with Crippen molar-refractivity contribution < 1.29 is 17.9 Å². The molecule has 1 unspecified atom stereocenters. The molecule has 1 rings (SSSR count). The number of hydrogen-bond donors (Lipinski definition) is 1. The molecule has 0 bridgehead atoms. The van der Waals surface area contributed by atoms with Gasteiger partial charge in [0.2, 0.25) is 0 Å². The van der Waals surface area contributed by atoms with E-state index in [0.717, 1.165) is 6.07 Å². The number of halogens is 3. The van der Waals surface area contributed by atoms with Gasteiger partial charge in [-0.05, 0) is 25.1 Å². The number of para-hydroxylation sites is 1. The van der Waals surface area contributed by atoms with Crippen molar-refractivity contribution in [1.29, 1.82) is 0 Å². The van der Waals surface area contributed by atoms with Crippen LogP contribution in [-0.2, 0) is 6.18 Å². The summed E-state index contributed by atoms with van der Waals surface area (Å²) < 4.78 is 43.4.